The number of hydrogen-bond acceptors (Lipinski definition) is 7. The average molecular weight is 749 g/mol. The number of allylic oxidation sites excluding steroid dienone is 2. The van der Waals surface area contributed by atoms with E-state index in [9.17, 15) is 19.5 Å². The van der Waals surface area contributed by atoms with Crippen LogP contribution in [0.2, 0.25) is 0 Å². The van der Waals surface area contributed by atoms with Gasteiger partial charge in [-0.15, -0.1) is 0 Å². The molecule has 8 heteroatoms. The van der Waals surface area contributed by atoms with Crippen molar-refractivity contribution >= 4 is 45.5 Å². The number of ketones is 1. The van der Waals surface area contributed by atoms with E-state index in [0.29, 0.717) is 89.5 Å². The van der Waals surface area contributed by atoms with E-state index in [2.05, 4.69) is 4.98 Å². The van der Waals surface area contributed by atoms with Crippen molar-refractivity contribution in [3.05, 3.63) is 131 Å². The van der Waals surface area contributed by atoms with Gasteiger partial charge < -0.3 is 19.6 Å². The van der Waals surface area contributed by atoms with Crippen LogP contribution >= 0.6 is 0 Å². The fourth-order valence-corrected chi connectivity index (χ4v) is 8.26. The minimum absolute atomic E-state index is 0.114. The lowest BCUT2D eigenvalue weighted by Gasteiger charge is -2.28. The normalized spacial score (nSPS) is 15.5. The smallest absolute Gasteiger partial charge is 0.317 e. The molecule has 286 valence electrons. The zero-order chi connectivity index (χ0) is 39.8. The Kier molecular flexibility index (Phi) is 10.4. The molecule has 0 spiro atoms. The first-order valence-electron chi connectivity index (χ1n) is 19.8. The zero-order valence-corrected chi connectivity index (χ0v) is 32.9. The molecule has 0 saturated heterocycles. The second-order valence-electron chi connectivity index (χ2n) is 14.7. The van der Waals surface area contributed by atoms with Crippen molar-refractivity contribution in [2.24, 2.45) is 15.8 Å². The second kappa shape index (κ2) is 15.3. The Morgan fingerprint density at radius 3 is 1.52 bits per heavy atom. The number of benzene rings is 4. The maximum atomic E-state index is 14.3. The highest BCUT2D eigenvalue weighted by Gasteiger charge is 2.42. The number of esters is 2. The zero-order valence-electron chi connectivity index (χ0n) is 32.9. The molecule has 0 fully saturated rings. The fourth-order valence-electron chi connectivity index (χ4n) is 8.26. The number of ether oxygens (including phenoxy) is 2. The van der Waals surface area contributed by atoms with Crippen molar-refractivity contribution in [2.75, 3.05) is 0 Å². The number of carbonyl (C=O) groups excluding carboxylic acids is 3. The highest BCUT2D eigenvalue weighted by atomic mass is 16.5. The summed E-state index contributed by atoms with van der Waals surface area (Å²) >= 11 is 0. The van der Waals surface area contributed by atoms with E-state index in [0.717, 1.165) is 16.3 Å². The van der Waals surface area contributed by atoms with Gasteiger partial charge in [-0.1, -0.05) is 114 Å². The van der Waals surface area contributed by atoms with Gasteiger partial charge in [-0.05, 0) is 62.8 Å². The van der Waals surface area contributed by atoms with Gasteiger partial charge in [0.1, 0.15) is 17.3 Å². The van der Waals surface area contributed by atoms with E-state index < -0.39 is 10.8 Å². The molecule has 1 aliphatic heterocycles. The van der Waals surface area contributed by atoms with Crippen molar-refractivity contribution in [3.8, 4) is 22.8 Å². The van der Waals surface area contributed by atoms with E-state index in [4.69, 9.17) is 14.5 Å². The quantitative estimate of drug-likeness (QED) is 0.0703. The number of aliphatic hydroxyl groups is 1. The molecule has 0 radical (unpaired) electrons. The fraction of sp³-hybridized carbons (Fsp3) is 0.292. The molecule has 0 atom stereocenters. The molecule has 1 aliphatic carbocycles. The topological polar surface area (TPSA) is 118 Å². The molecular weight excluding hydrogens is 701 g/mol. The van der Waals surface area contributed by atoms with Crippen molar-refractivity contribution in [3.63, 3.8) is 0 Å². The van der Waals surface area contributed by atoms with Crippen LogP contribution in [0, 0.1) is 10.8 Å². The van der Waals surface area contributed by atoms with Crippen LogP contribution in [-0.4, -0.2) is 33.5 Å². The molecule has 2 aliphatic rings. The van der Waals surface area contributed by atoms with Gasteiger partial charge in [-0.25, -0.2) is 4.99 Å². The maximum absolute atomic E-state index is 14.3. The number of nitrogens with one attached hydrogen (secondary N) is 1. The molecule has 7 rings (SSSR count). The number of aliphatic hydroxyl groups excluding tert-OH is 1. The van der Waals surface area contributed by atoms with E-state index in [1.54, 1.807) is 12.1 Å². The first-order valence-corrected chi connectivity index (χ1v) is 19.8. The Morgan fingerprint density at radius 1 is 0.571 bits per heavy atom. The average Bonchev–Trinajstić information content (AvgIpc) is 3.79. The maximum Gasteiger partial charge on any atom is 0.317 e. The van der Waals surface area contributed by atoms with Crippen molar-refractivity contribution in [1.82, 2.24) is 4.98 Å². The van der Waals surface area contributed by atoms with E-state index in [-0.39, 0.29) is 34.6 Å². The van der Waals surface area contributed by atoms with Crippen LogP contribution in [0.4, 0.5) is 0 Å². The molecule has 5 aromatic rings. The molecule has 0 amide bonds. The minimum atomic E-state index is -0.597. The number of fused-ring (bicyclic) bond motifs is 2. The van der Waals surface area contributed by atoms with Gasteiger partial charge in [-0.3, -0.25) is 14.4 Å². The predicted octanol–water partition coefficient (Wildman–Crippen LogP) is 11.2. The first-order chi connectivity index (χ1) is 27.1. The van der Waals surface area contributed by atoms with E-state index >= 15 is 0 Å². The Bertz CT molecular complexity index is 2460. The van der Waals surface area contributed by atoms with Gasteiger partial charge in [0.05, 0.1) is 44.8 Å². The molecule has 0 bridgehead atoms. The summed E-state index contributed by atoms with van der Waals surface area (Å²) in [5.41, 5.74) is 3.85. The van der Waals surface area contributed by atoms with Crippen LogP contribution in [0.3, 0.4) is 0 Å². The monoisotopic (exact) mass is 748 g/mol. The minimum Gasteiger partial charge on any atom is -0.506 e. The molecule has 56 heavy (non-hydrogen) atoms. The lowest BCUT2D eigenvalue weighted by Crippen LogP contribution is -2.33. The summed E-state index contributed by atoms with van der Waals surface area (Å²) in [7, 11) is 0. The van der Waals surface area contributed by atoms with Gasteiger partial charge in [0.25, 0.3) is 0 Å². The number of Topliss-reactive ketones (excluding diaryl/α,β-unsaturated/α-hetero) is 1. The Labute approximate surface area is 328 Å². The highest BCUT2D eigenvalue weighted by molar-refractivity contribution is 6.43. The van der Waals surface area contributed by atoms with Crippen LogP contribution < -0.4 is 9.47 Å². The number of nitrogens with zero attached hydrogens (tertiary/aromatic N) is 1. The van der Waals surface area contributed by atoms with Crippen molar-refractivity contribution in [1.29, 1.82) is 0 Å². The molecule has 2 heterocycles. The van der Waals surface area contributed by atoms with Crippen LogP contribution in [0.5, 0.6) is 11.5 Å². The second-order valence-corrected chi connectivity index (χ2v) is 14.7. The van der Waals surface area contributed by atoms with E-state index in [1.165, 1.54) is 0 Å². The lowest BCUT2D eigenvalue weighted by molar-refractivity contribution is -0.147. The molecule has 4 aromatic carbocycles. The number of rotatable bonds is 13. The summed E-state index contributed by atoms with van der Waals surface area (Å²) in [6, 6.07) is 29.9. The summed E-state index contributed by atoms with van der Waals surface area (Å²) in [6.45, 7) is 12.0. The summed E-state index contributed by atoms with van der Waals surface area (Å²) in [5, 5.41) is 13.4. The van der Waals surface area contributed by atoms with Gasteiger partial charge in [-0.2, -0.15) is 0 Å². The third-order valence-corrected chi connectivity index (χ3v) is 12.4. The summed E-state index contributed by atoms with van der Waals surface area (Å²) in [6.07, 6.45) is 3.97. The van der Waals surface area contributed by atoms with Crippen LogP contribution in [0.1, 0.15) is 102 Å². The standard InChI is InChI=1S/C48H48N2O6/c1-7-47(8-2,9-3)45(53)55-35-27-19-17-25-33(35)39-29-21-13-15-23-31(29)41(49-39)37-43(51)38(44(37)52)42-32-24-16-14-22-30(32)40(50-42)34-26-18-20-28-36(34)56-46(54)48(10-4,11-5)12-6/h13-28,49,51H,7-12H2,1-6H3/b42-38+. The number of carbonyl (C=O) groups is 3. The summed E-state index contributed by atoms with van der Waals surface area (Å²) < 4.78 is 12.2. The predicted molar refractivity (Wildman–Crippen MR) is 222 cm³/mol. The Hall–Kier alpha value is -6.02. The van der Waals surface area contributed by atoms with Gasteiger partial charge in [0.2, 0.25) is 5.78 Å². The van der Waals surface area contributed by atoms with Crippen molar-refractivity contribution in [2.45, 2.75) is 80.1 Å². The molecule has 1 aromatic heterocycles. The van der Waals surface area contributed by atoms with Gasteiger partial charge >= 0.3 is 11.9 Å². The SMILES string of the molecule is CCC(CC)(CC)C(=O)Oc1ccccc1C1=N/C(=C2/C(=O)C(c3[nH]c(-c4ccccc4OC(=O)C(CC)(CC)CC)c4ccccc34)=C2O)c2ccccc21. The molecule has 2 N–H and O–H groups in total. The Balaban J connectivity index is 1.32. The number of hydrogen-bond donors (Lipinski definition) is 2. The number of para-hydroxylation sites is 2. The summed E-state index contributed by atoms with van der Waals surface area (Å²) in [4.78, 5) is 49.9. The number of aromatic nitrogens is 1. The molecular formula is C48H48N2O6. The third kappa shape index (κ3) is 6.08. The molecule has 8 nitrogen and oxygen atoms in total. The van der Waals surface area contributed by atoms with Crippen LogP contribution in [-0.2, 0) is 14.4 Å². The highest BCUT2D eigenvalue weighted by Crippen LogP contribution is 2.48. The van der Waals surface area contributed by atoms with Gasteiger partial charge in [0.15, 0.2) is 0 Å². The van der Waals surface area contributed by atoms with Crippen LogP contribution in [0.15, 0.2) is 113 Å². The number of aliphatic imine (C=N–C) groups is 1. The van der Waals surface area contributed by atoms with E-state index in [1.807, 2.05) is 126 Å². The molecule has 0 unspecified atom stereocenters. The third-order valence-electron chi connectivity index (χ3n) is 12.4. The van der Waals surface area contributed by atoms with Gasteiger partial charge in [0, 0.05) is 33.0 Å². The van der Waals surface area contributed by atoms with Crippen molar-refractivity contribution < 1.29 is 29.0 Å². The Morgan fingerprint density at radius 2 is 1.00 bits per heavy atom. The molecule has 0 saturated carbocycles. The number of aromatic amines is 1. The van der Waals surface area contributed by atoms with Crippen LogP contribution in [0.25, 0.3) is 33.3 Å². The number of H-pyrrole nitrogens is 1. The summed E-state index contributed by atoms with van der Waals surface area (Å²) in [5.74, 6) is -0.271. The largest absolute Gasteiger partial charge is 0.506 e. The lowest BCUT2D eigenvalue weighted by atomic mass is 9.80. The first kappa shape index (κ1) is 38.3.